The number of nitrogens with zero attached hydrogens (tertiary/aromatic N) is 1. The van der Waals surface area contributed by atoms with Gasteiger partial charge in [-0.3, -0.25) is 9.59 Å². The standard InChI is InChI=1S/C16H25N3O3/c1-4-19(5-2)14-8-6-13(7-9-14)18-16(21)12-15(20)17-10-11-22-3/h6-9H,4-5,10-12H2,1-3H3,(H,17,20)(H,18,21). The fourth-order valence-electron chi connectivity index (χ4n) is 2.05. The van der Waals surface area contributed by atoms with Crippen LogP contribution in [0.3, 0.4) is 0 Å². The zero-order valence-corrected chi connectivity index (χ0v) is 13.5. The summed E-state index contributed by atoms with van der Waals surface area (Å²) < 4.78 is 4.82. The maximum atomic E-state index is 11.8. The summed E-state index contributed by atoms with van der Waals surface area (Å²) >= 11 is 0. The number of rotatable bonds is 9. The molecule has 0 aliphatic carbocycles. The molecule has 0 fully saturated rings. The third kappa shape index (κ3) is 6.13. The first-order valence-electron chi connectivity index (χ1n) is 7.51. The number of benzene rings is 1. The van der Waals surface area contributed by atoms with E-state index in [1.165, 1.54) is 0 Å². The Morgan fingerprint density at radius 3 is 2.27 bits per heavy atom. The van der Waals surface area contributed by atoms with Crippen molar-refractivity contribution in [2.75, 3.05) is 43.6 Å². The first kappa shape index (κ1) is 18.0. The molecule has 6 heteroatoms. The van der Waals surface area contributed by atoms with Crippen LogP contribution in [0.5, 0.6) is 0 Å². The molecule has 0 saturated carbocycles. The first-order valence-corrected chi connectivity index (χ1v) is 7.51. The second-order valence-corrected chi connectivity index (χ2v) is 4.79. The van der Waals surface area contributed by atoms with Gasteiger partial charge < -0.3 is 20.3 Å². The van der Waals surface area contributed by atoms with Crippen LogP contribution in [0.1, 0.15) is 20.3 Å². The number of methoxy groups -OCH3 is 1. The average molecular weight is 307 g/mol. The van der Waals surface area contributed by atoms with E-state index >= 15 is 0 Å². The summed E-state index contributed by atoms with van der Waals surface area (Å²) in [5.74, 6) is -0.639. The zero-order chi connectivity index (χ0) is 16.4. The normalized spacial score (nSPS) is 10.1. The number of amides is 2. The van der Waals surface area contributed by atoms with Gasteiger partial charge >= 0.3 is 0 Å². The fourth-order valence-corrected chi connectivity index (χ4v) is 2.05. The molecular weight excluding hydrogens is 282 g/mol. The summed E-state index contributed by atoms with van der Waals surface area (Å²) in [5.41, 5.74) is 1.80. The summed E-state index contributed by atoms with van der Waals surface area (Å²) in [6, 6.07) is 7.60. The molecule has 122 valence electrons. The molecule has 2 amide bonds. The predicted molar refractivity (Wildman–Crippen MR) is 88.1 cm³/mol. The molecule has 0 aliphatic rings. The van der Waals surface area contributed by atoms with Crippen LogP contribution in [0.4, 0.5) is 11.4 Å². The predicted octanol–water partition coefficient (Wildman–Crippen LogP) is 1.62. The Hall–Kier alpha value is -2.08. The van der Waals surface area contributed by atoms with Gasteiger partial charge in [-0.15, -0.1) is 0 Å². The van der Waals surface area contributed by atoms with Crippen molar-refractivity contribution in [3.05, 3.63) is 24.3 Å². The van der Waals surface area contributed by atoms with Crippen molar-refractivity contribution >= 4 is 23.2 Å². The first-order chi connectivity index (χ1) is 10.6. The molecule has 1 aromatic carbocycles. The minimum atomic E-state index is -0.328. The second-order valence-electron chi connectivity index (χ2n) is 4.79. The number of ether oxygens (including phenoxy) is 1. The van der Waals surface area contributed by atoms with Gasteiger partial charge in [0.25, 0.3) is 0 Å². The van der Waals surface area contributed by atoms with Crippen LogP contribution in [0.2, 0.25) is 0 Å². The van der Waals surface area contributed by atoms with Crippen LogP contribution in [0.25, 0.3) is 0 Å². The SMILES string of the molecule is CCN(CC)c1ccc(NC(=O)CC(=O)NCCOC)cc1. The molecule has 0 radical (unpaired) electrons. The molecule has 0 aromatic heterocycles. The highest BCUT2D eigenvalue weighted by Gasteiger charge is 2.09. The van der Waals surface area contributed by atoms with E-state index in [2.05, 4.69) is 29.4 Å². The number of carbonyl (C=O) groups excluding carboxylic acids is 2. The third-order valence-corrected chi connectivity index (χ3v) is 3.23. The van der Waals surface area contributed by atoms with Crippen LogP contribution < -0.4 is 15.5 Å². The van der Waals surface area contributed by atoms with E-state index in [4.69, 9.17) is 4.74 Å². The van der Waals surface area contributed by atoms with Gasteiger partial charge in [0.2, 0.25) is 11.8 Å². The lowest BCUT2D eigenvalue weighted by Crippen LogP contribution is -2.30. The Bertz CT molecular complexity index is 470. The van der Waals surface area contributed by atoms with Crippen LogP contribution in [-0.4, -0.2) is 45.2 Å². The Morgan fingerprint density at radius 1 is 1.09 bits per heavy atom. The van der Waals surface area contributed by atoms with Gasteiger partial charge in [-0.1, -0.05) is 0 Å². The van der Waals surface area contributed by atoms with Crippen molar-refractivity contribution in [3.63, 3.8) is 0 Å². The number of carbonyl (C=O) groups is 2. The highest BCUT2D eigenvalue weighted by molar-refractivity contribution is 6.03. The molecule has 1 aromatic rings. The second kappa shape index (κ2) is 9.78. The highest BCUT2D eigenvalue weighted by atomic mass is 16.5. The molecule has 0 bridgehead atoms. The number of anilines is 2. The van der Waals surface area contributed by atoms with Crippen LogP contribution in [-0.2, 0) is 14.3 Å². The van der Waals surface area contributed by atoms with Crippen LogP contribution >= 0.6 is 0 Å². The lowest BCUT2D eigenvalue weighted by molar-refractivity contribution is -0.126. The molecule has 0 unspecified atom stereocenters. The van der Waals surface area contributed by atoms with Crippen molar-refractivity contribution in [2.45, 2.75) is 20.3 Å². The summed E-state index contributed by atoms with van der Waals surface area (Å²) in [4.78, 5) is 25.5. The molecule has 22 heavy (non-hydrogen) atoms. The van der Waals surface area contributed by atoms with E-state index in [9.17, 15) is 9.59 Å². The maximum Gasteiger partial charge on any atom is 0.233 e. The van der Waals surface area contributed by atoms with E-state index in [1.54, 1.807) is 7.11 Å². The minimum Gasteiger partial charge on any atom is -0.383 e. The topological polar surface area (TPSA) is 70.7 Å². The van der Waals surface area contributed by atoms with E-state index < -0.39 is 0 Å². The Kier molecular flexibility index (Phi) is 7.99. The molecule has 0 heterocycles. The Morgan fingerprint density at radius 2 is 1.73 bits per heavy atom. The molecule has 0 atom stereocenters. The van der Waals surface area contributed by atoms with Gasteiger partial charge in [0.1, 0.15) is 6.42 Å². The van der Waals surface area contributed by atoms with Crippen molar-refractivity contribution in [2.24, 2.45) is 0 Å². The number of hydrogen-bond acceptors (Lipinski definition) is 4. The van der Waals surface area contributed by atoms with Crippen LogP contribution in [0, 0.1) is 0 Å². The van der Waals surface area contributed by atoms with Gasteiger partial charge in [0.05, 0.1) is 6.61 Å². The van der Waals surface area contributed by atoms with Crippen molar-refractivity contribution in [1.82, 2.24) is 5.32 Å². The lowest BCUT2D eigenvalue weighted by Gasteiger charge is -2.21. The number of nitrogens with one attached hydrogen (secondary N) is 2. The molecule has 0 spiro atoms. The van der Waals surface area contributed by atoms with Gasteiger partial charge in [-0.2, -0.15) is 0 Å². The van der Waals surface area contributed by atoms with Crippen molar-refractivity contribution in [3.8, 4) is 0 Å². The quantitative estimate of drug-likeness (QED) is 0.537. The maximum absolute atomic E-state index is 11.8. The van der Waals surface area contributed by atoms with E-state index in [0.29, 0.717) is 18.8 Å². The van der Waals surface area contributed by atoms with E-state index in [1.807, 2.05) is 24.3 Å². The monoisotopic (exact) mass is 307 g/mol. The van der Waals surface area contributed by atoms with Gasteiger partial charge in [-0.05, 0) is 38.1 Å². The number of hydrogen-bond donors (Lipinski definition) is 2. The van der Waals surface area contributed by atoms with E-state index in [0.717, 1.165) is 18.8 Å². The van der Waals surface area contributed by atoms with E-state index in [-0.39, 0.29) is 18.2 Å². The van der Waals surface area contributed by atoms with Gasteiger partial charge in [0, 0.05) is 38.1 Å². The smallest absolute Gasteiger partial charge is 0.233 e. The summed E-state index contributed by atoms with van der Waals surface area (Å²) in [5, 5.41) is 5.32. The Balaban J connectivity index is 2.46. The minimum absolute atomic E-state index is 0.193. The molecule has 1 rings (SSSR count). The molecule has 0 aliphatic heterocycles. The zero-order valence-electron chi connectivity index (χ0n) is 13.5. The summed E-state index contributed by atoms with van der Waals surface area (Å²) in [6.07, 6.45) is -0.193. The van der Waals surface area contributed by atoms with Crippen LogP contribution in [0.15, 0.2) is 24.3 Å². The lowest BCUT2D eigenvalue weighted by atomic mass is 10.2. The molecule has 6 nitrogen and oxygen atoms in total. The van der Waals surface area contributed by atoms with Crippen molar-refractivity contribution in [1.29, 1.82) is 0 Å². The fraction of sp³-hybridized carbons (Fsp3) is 0.500. The van der Waals surface area contributed by atoms with Gasteiger partial charge in [-0.25, -0.2) is 0 Å². The molecule has 0 saturated heterocycles. The van der Waals surface area contributed by atoms with Gasteiger partial charge in [0.15, 0.2) is 0 Å². The summed E-state index contributed by atoms with van der Waals surface area (Å²) in [6.45, 7) is 6.90. The molecule has 2 N–H and O–H groups in total. The largest absolute Gasteiger partial charge is 0.383 e. The average Bonchev–Trinajstić information content (AvgIpc) is 2.50. The molecular formula is C16H25N3O3. The Labute approximate surface area is 131 Å². The third-order valence-electron chi connectivity index (χ3n) is 3.23. The summed E-state index contributed by atoms with van der Waals surface area (Å²) in [7, 11) is 1.56. The highest BCUT2D eigenvalue weighted by Crippen LogP contribution is 2.17. The van der Waals surface area contributed by atoms with Crippen molar-refractivity contribution < 1.29 is 14.3 Å².